The van der Waals surface area contributed by atoms with Gasteiger partial charge in [-0.15, -0.1) is 0 Å². The van der Waals surface area contributed by atoms with Gasteiger partial charge in [0.25, 0.3) is 0 Å². The van der Waals surface area contributed by atoms with Gasteiger partial charge in [0.1, 0.15) is 11.6 Å². The number of benzene rings is 1. The molecule has 0 fully saturated rings. The fourth-order valence-electron chi connectivity index (χ4n) is 1.18. The zero-order chi connectivity index (χ0) is 10.6. The maximum Gasteiger partial charge on any atom is 0.185 e. The van der Waals surface area contributed by atoms with Crippen molar-refractivity contribution in [1.82, 2.24) is 0 Å². The number of hydrogen-bond acceptors (Lipinski definition) is 3. The molecule has 0 atom stereocenters. The molecule has 0 aromatic heterocycles. The average molecular weight is 200 g/mol. The van der Waals surface area contributed by atoms with Crippen molar-refractivity contribution in [2.75, 3.05) is 21.3 Å². The Balaban J connectivity index is 2.98. The fraction of sp³-hybridized carbons (Fsp3) is 0.400. The Labute approximate surface area is 82.4 Å². The summed E-state index contributed by atoms with van der Waals surface area (Å²) < 4.78 is 28.2. The van der Waals surface area contributed by atoms with Gasteiger partial charge >= 0.3 is 0 Å². The van der Waals surface area contributed by atoms with Gasteiger partial charge in [-0.2, -0.15) is 0 Å². The van der Waals surface area contributed by atoms with E-state index >= 15 is 0 Å². The molecule has 0 N–H and O–H groups in total. The first-order valence-corrected chi connectivity index (χ1v) is 4.12. The molecule has 0 aliphatic carbocycles. The summed E-state index contributed by atoms with van der Waals surface area (Å²) in [6.07, 6.45) is -0.680. The van der Waals surface area contributed by atoms with Gasteiger partial charge < -0.3 is 14.2 Å². The summed E-state index contributed by atoms with van der Waals surface area (Å²) in [5.41, 5.74) is 0.357. The van der Waals surface area contributed by atoms with Crippen molar-refractivity contribution in [1.29, 1.82) is 0 Å². The van der Waals surface area contributed by atoms with E-state index in [0.717, 1.165) is 0 Å². The SMILES string of the molecule is COc1ccc(C(OC)OC)c(F)c1. The summed E-state index contributed by atoms with van der Waals surface area (Å²) in [6, 6.07) is 4.52. The van der Waals surface area contributed by atoms with Gasteiger partial charge in [-0.25, -0.2) is 4.39 Å². The Morgan fingerprint density at radius 1 is 1.14 bits per heavy atom. The molecule has 1 aromatic rings. The third kappa shape index (κ3) is 2.21. The largest absolute Gasteiger partial charge is 0.497 e. The Bertz CT molecular complexity index is 297. The number of hydrogen-bond donors (Lipinski definition) is 0. The third-order valence-corrected chi connectivity index (χ3v) is 1.89. The van der Waals surface area contributed by atoms with Crippen LogP contribution in [0.1, 0.15) is 11.9 Å². The first-order valence-electron chi connectivity index (χ1n) is 4.12. The lowest BCUT2D eigenvalue weighted by Crippen LogP contribution is -2.06. The molecule has 1 rings (SSSR count). The van der Waals surface area contributed by atoms with Crippen LogP contribution in [0.25, 0.3) is 0 Å². The quantitative estimate of drug-likeness (QED) is 0.697. The molecule has 0 unspecified atom stereocenters. The molecule has 0 aliphatic heterocycles. The van der Waals surface area contributed by atoms with E-state index in [1.807, 2.05) is 0 Å². The number of rotatable bonds is 4. The first kappa shape index (κ1) is 10.9. The average Bonchev–Trinajstić information content (AvgIpc) is 2.22. The molecule has 3 nitrogen and oxygen atoms in total. The van der Waals surface area contributed by atoms with Gasteiger partial charge in [0, 0.05) is 25.8 Å². The summed E-state index contributed by atoms with van der Waals surface area (Å²) >= 11 is 0. The molecular formula is C10H13FO3. The standard InChI is InChI=1S/C10H13FO3/c1-12-7-4-5-8(9(11)6-7)10(13-2)14-3/h4-6,10H,1-3H3. The molecule has 0 spiro atoms. The molecule has 0 aliphatic rings. The van der Waals surface area contributed by atoms with E-state index < -0.39 is 12.1 Å². The smallest absolute Gasteiger partial charge is 0.185 e. The highest BCUT2D eigenvalue weighted by atomic mass is 19.1. The van der Waals surface area contributed by atoms with Crippen LogP contribution >= 0.6 is 0 Å². The molecular weight excluding hydrogens is 187 g/mol. The van der Waals surface area contributed by atoms with Crippen LogP contribution in [-0.2, 0) is 9.47 Å². The number of ether oxygens (including phenoxy) is 3. The summed E-state index contributed by atoms with van der Waals surface area (Å²) in [7, 11) is 4.40. The predicted molar refractivity (Wildman–Crippen MR) is 49.7 cm³/mol. The lowest BCUT2D eigenvalue weighted by molar-refractivity contribution is -0.107. The Hall–Kier alpha value is -1.13. The Morgan fingerprint density at radius 2 is 1.79 bits per heavy atom. The minimum absolute atomic E-state index is 0.357. The minimum Gasteiger partial charge on any atom is -0.497 e. The molecule has 0 radical (unpaired) electrons. The van der Waals surface area contributed by atoms with Crippen LogP contribution in [0.4, 0.5) is 4.39 Å². The van der Waals surface area contributed by atoms with Crippen molar-refractivity contribution in [3.63, 3.8) is 0 Å². The van der Waals surface area contributed by atoms with Gasteiger partial charge in [-0.05, 0) is 12.1 Å². The van der Waals surface area contributed by atoms with Crippen LogP contribution in [0.2, 0.25) is 0 Å². The highest BCUT2D eigenvalue weighted by molar-refractivity contribution is 5.29. The molecule has 0 saturated heterocycles. The van der Waals surface area contributed by atoms with Crippen molar-refractivity contribution < 1.29 is 18.6 Å². The van der Waals surface area contributed by atoms with Crippen molar-refractivity contribution in [3.8, 4) is 5.75 Å². The highest BCUT2D eigenvalue weighted by Crippen LogP contribution is 2.24. The van der Waals surface area contributed by atoms with Crippen LogP contribution < -0.4 is 4.74 Å². The van der Waals surface area contributed by atoms with Crippen LogP contribution in [0.5, 0.6) is 5.75 Å². The summed E-state index contributed by atoms with van der Waals surface area (Å²) in [6.45, 7) is 0. The lowest BCUT2D eigenvalue weighted by atomic mass is 10.2. The van der Waals surface area contributed by atoms with Gasteiger partial charge in [-0.3, -0.25) is 0 Å². The zero-order valence-electron chi connectivity index (χ0n) is 8.41. The second kappa shape index (κ2) is 4.93. The zero-order valence-corrected chi connectivity index (χ0v) is 8.41. The van der Waals surface area contributed by atoms with Gasteiger partial charge in [-0.1, -0.05) is 0 Å². The normalized spacial score (nSPS) is 10.6. The maximum atomic E-state index is 13.4. The van der Waals surface area contributed by atoms with Crippen molar-refractivity contribution >= 4 is 0 Å². The molecule has 0 bridgehead atoms. The predicted octanol–water partition coefficient (Wildman–Crippen LogP) is 2.13. The molecule has 0 amide bonds. The van der Waals surface area contributed by atoms with E-state index in [1.165, 1.54) is 27.4 Å². The van der Waals surface area contributed by atoms with Crippen LogP contribution in [0.3, 0.4) is 0 Å². The van der Waals surface area contributed by atoms with E-state index in [9.17, 15) is 4.39 Å². The Kier molecular flexibility index (Phi) is 3.85. The van der Waals surface area contributed by atoms with Crippen molar-refractivity contribution in [2.24, 2.45) is 0 Å². The van der Waals surface area contributed by atoms with Crippen LogP contribution in [-0.4, -0.2) is 21.3 Å². The van der Waals surface area contributed by atoms with Crippen LogP contribution in [0, 0.1) is 5.82 Å². The van der Waals surface area contributed by atoms with E-state index in [2.05, 4.69) is 0 Å². The maximum absolute atomic E-state index is 13.4. The second-order valence-electron chi connectivity index (χ2n) is 2.69. The number of halogens is 1. The van der Waals surface area contributed by atoms with Crippen molar-refractivity contribution in [2.45, 2.75) is 6.29 Å². The molecule has 0 saturated carbocycles. The Morgan fingerprint density at radius 3 is 2.21 bits per heavy atom. The monoisotopic (exact) mass is 200 g/mol. The van der Waals surface area contributed by atoms with Gasteiger partial charge in [0.05, 0.1) is 7.11 Å². The van der Waals surface area contributed by atoms with E-state index in [0.29, 0.717) is 11.3 Å². The molecule has 14 heavy (non-hydrogen) atoms. The van der Waals surface area contributed by atoms with Gasteiger partial charge in [0.2, 0.25) is 0 Å². The summed E-state index contributed by atoms with van der Waals surface area (Å²) in [5.74, 6) is 0.0651. The second-order valence-corrected chi connectivity index (χ2v) is 2.69. The molecule has 4 heteroatoms. The summed E-state index contributed by atoms with van der Waals surface area (Å²) in [5, 5.41) is 0. The van der Waals surface area contributed by atoms with Crippen LogP contribution in [0.15, 0.2) is 18.2 Å². The molecule has 1 aromatic carbocycles. The third-order valence-electron chi connectivity index (χ3n) is 1.89. The lowest BCUT2D eigenvalue weighted by Gasteiger charge is -2.14. The van der Waals surface area contributed by atoms with E-state index in [4.69, 9.17) is 14.2 Å². The van der Waals surface area contributed by atoms with Crippen molar-refractivity contribution in [3.05, 3.63) is 29.6 Å². The summed E-state index contributed by atoms with van der Waals surface area (Å²) in [4.78, 5) is 0. The first-order chi connectivity index (χ1) is 6.72. The van der Waals surface area contributed by atoms with E-state index in [1.54, 1.807) is 12.1 Å². The molecule has 0 heterocycles. The van der Waals surface area contributed by atoms with E-state index in [-0.39, 0.29) is 0 Å². The molecule has 78 valence electrons. The minimum atomic E-state index is -0.680. The fourth-order valence-corrected chi connectivity index (χ4v) is 1.18. The van der Waals surface area contributed by atoms with Gasteiger partial charge in [0.15, 0.2) is 6.29 Å². The topological polar surface area (TPSA) is 27.7 Å². The number of methoxy groups -OCH3 is 3. The highest BCUT2D eigenvalue weighted by Gasteiger charge is 2.14.